The molecule has 0 radical (unpaired) electrons. The van der Waals surface area contributed by atoms with Gasteiger partial charge in [0.25, 0.3) is 0 Å². The summed E-state index contributed by atoms with van der Waals surface area (Å²) in [7, 11) is 0. The fraction of sp³-hybridized carbons (Fsp3) is 1.00. The van der Waals surface area contributed by atoms with Crippen LogP contribution in [-0.2, 0) is 9.47 Å². The van der Waals surface area contributed by atoms with Crippen LogP contribution < -0.4 is 0 Å². The van der Waals surface area contributed by atoms with Gasteiger partial charge in [-0.3, -0.25) is 0 Å². The third-order valence-corrected chi connectivity index (χ3v) is 3.93. The molecule has 0 saturated carbocycles. The Morgan fingerprint density at radius 1 is 1.00 bits per heavy atom. The molecule has 0 amide bonds. The molecule has 0 aromatic carbocycles. The van der Waals surface area contributed by atoms with Crippen molar-refractivity contribution >= 4 is 11.6 Å². The highest BCUT2D eigenvalue weighted by Crippen LogP contribution is 2.28. The minimum atomic E-state index is 0.339. The fourth-order valence-electron chi connectivity index (χ4n) is 2.30. The molecular formula is C11H19ClO2. The second-order valence-corrected chi connectivity index (χ2v) is 5.01. The highest BCUT2D eigenvalue weighted by atomic mass is 35.5. The van der Waals surface area contributed by atoms with E-state index in [1.54, 1.807) is 0 Å². The van der Waals surface area contributed by atoms with Gasteiger partial charge >= 0.3 is 0 Å². The molecule has 3 heteroatoms. The van der Waals surface area contributed by atoms with Crippen molar-refractivity contribution < 1.29 is 9.47 Å². The van der Waals surface area contributed by atoms with Crippen LogP contribution in [0, 0.1) is 11.8 Å². The van der Waals surface area contributed by atoms with E-state index in [1.807, 2.05) is 0 Å². The number of hydrogen-bond acceptors (Lipinski definition) is 2. The molecule has 0 aromatic heterocycles. The van der Waals surface area contributed by atoms with Crippen molar-refractivity contribution in [3.05, 3.63) is 0 Å². The first-order valence-corrected chi connectivity index (χ1v) is 6.09. The minimum absolute atomic E-state index is 0.339. The van der Waals surface area contributed by atoms with E-state index in [1.165, 1.54) is 19.3 Å². The number of ether oxygens (including phenoxy) is 2. The summed E-state index contributed by atoms with van der Waals surface area (Å²) in [6.45, 7) is 3.62. The summed E-state index contributed by atoms with van der Waals surface area (Å²) in [6, 6.07) is 0. The lowest BCUT2D eigenvalue weighted by atomic mass is 9.91. The molecule has 2 heterocycles. The average molecular weight is 219 g/mol. The highest BCUT2D eigenvalue weighted by molar-refractivity contribution is 6.20. The predicted molar refractivity (Wildman–Crippen MR) is 56.7 cm³/mol. The first-order chi connectivity index (χ1) is 6.86. The maximum absolute atomic E-state index is 6.26. The van der Waals surface area contributed by atoms with Crippen molar-refractivity contribution in [2.75, 3.05) is 26.4 Å². The van der Waals surface area contributed by atoms with E-state index in [0.717, 1.165) is 38.8 Å². The lowest BCUT2D eigenvalue weighted by Gasteiger charge is -2.27. The Morgan fingerprint density at radius 2 is 1.79 bits per heavy atom. The normalized spacial score (nSPS) is 38.8. The van der Waals surface area contributed by atoms with Crippen LogP contribution in [0.5, 0.6) is 0 Å². The van der Waals surface area contributed by atoms with E-state index in [0.29, 0.717) is 11.3 Å². The van der Waals surface area contributed by atoms with Crippen LogP contribution in [-0.4, -0.2) is 31.8 Å². The summed E-state index contributed by atoms with van der Waals surface area (Å²) in [5.74, 6) is 1.35. The van der Waals surface area contributed by atoms with Crippen LogP contribution in [0.15, 0.2) is 0 Å². The quantitative estimate of drug-likeness (QED) is 0.678. The van der Waals surface area contributed by atoms with Gasteiger partial charge in [0.1, 0.15) is 0 Å². The molecule has 2 saturated heterocycles. The molecule has 2 fully saturated rings. The fourth-order valence-corrected chi connectivity index (χ4v) is 2.58. The zero-order valence-corrected chi connectivity index (χ0v) is 9.34. The van der Waals surface area contributed by atoms with Gasteiger partial charge in [-0.15, -0.1) is 11.6 Å². The lowest BCUT2D eigenvalue weighted by molar-refractivity contribution is 0.0516. The second kappa shape index (κ2) is 5.34. The van der Waals surface area contributed by atoms with Crippen molar-refractivity contribution in [1.29, 1.82) is 0 Å². The molecule has 14 heavy (non-hydrogen) atoms. The third-order valence-electron chi connectivity index (χ3n) is 3.35. The number of rotatable bonds is 3. The molecule has 0 aliphatic carbocycles. The van der Waals surface area contributed by atoms with Crippen molar-refractivity contribution in [2.45, 2.75) is 31.1 Å². The van der Waals surface area contributed by atoms with Crippen molar-refractivity contribution in [1.82, 2.24) is 0 Å². The Balaban J connectivity index is 1.67. The van der Waals surface area contributed by atoms with Crippen LogP contribution in [0.3, 0.4) is 0 Å². The first kappa shape index (κ1) is 10.7. The highest BCUT2D eigenvalue weighted by Gasteiger charge is 2.25. The molecule has 0 N–H and O–H groups in total. The molecular weight excluding hydrogens is 200 g/mol. The van der Waals surface area contributed by atoms with Gasteiger partial charge in [-0.25, -0.2) is 0 Å². The molecule has 0 aromatic rings. The largest absolute Gasteiger partial charge is 0.381 e. The van der Waals surface area contributed by atoms with Gasteiger partial charge in [0.2, 0.25) is 0 Å². The topological polar surface area (TPSA) is 18.5 Å². The van der Waals surface area contributed by atoms with E-state index in [4.69, 9.17) is 21.1 Å². The standard InChI is InChI=1S/C11H19ClO2/c12-11-4-6-14-8-10(11)2-1-9-3-5-13-7-9/h9-11H,1-8H2. The van der Waals surface area contributed by atoms with Gasteiger partial charge in [-0.2, -0.15) is 0 Å². The van der Waals surface area contributed by atoms with Gasteiger partial charge in [-0.1, -0.05) is 0 Å². The molecule has 2 nitrogen and oxygen atoms in total. The van der Waals surface area contributed by atoms with Crippen molar-refractivity contribution in [3.63, 3.8) is 0 Å². The molecule has 82 valence electrons. The molecule has 3 atom stereocenters. The Morgan fingerprint density at radius 3 is 2.50 bits per heavy atom. The van der Waals surface area contributed by atoms with Crippen molar-refractivity contribution in [2.24, 2.45) is 11.8 Å². The minimum Gasteiger partial charge on any atom is -0.381 e. The maximum atomic E-state index is 6.26. The Labute approximate surface area is 90.9 Å². The zero-order valence-electron chi connectivity index (χ0n) is 8.58. The van der Waals surface area contributed by atoms with Crippen LogP contribution in [0.1, 0.15) is 25.7 Å². The summed E-state index contributed by atoms with van der Waals surface area (Å²) in [5, 5.41) is 0.339. The molecule has 0 spiro atoms. The third kappa shape index (κ3) is 2.85. The second-order valence-electron chi connectivity index (χ2n) is 4.45. The Kier molecular flexibility index (Phi) is 4.09. The Hall–Kier alpha value is 0.210. The zero-order chi connectivity index (χ0) is 9.80. The van der Waals surface area contributed by atoms with E-state index >= 15 is 0 Å². The van der Waals surface area contributed by atoms with Crippen LogP contribution >= 0.6 is 11.6 Å². The number of halogens is 1. The van der Waals surface area contributed by atoms with Gasteiger partial charge in [-0.05, 0) is 37.5 Å². The molecule has 2 rings (SSSR count). The monoisotopic (exact) mass is 218 g/mol. The van der Waals surface area contributed by atoms with Crippen molar-refractivity contribution in [3.8, 4) is 0 Å². The summed E-state index contributed by atoms with van der Waals surface area (Å²) in [6.07, 6.45) is 4.73. The molecule has 2 aliphatic rings. The average Bonchev–Trinajstić information content (AvgIpc) is 2.69. The van der Waals surface area contributed by atoms with Gasteiger partial charge in [0, 0.05) is 25.2 Å². The Bertz CT molecular complexity index is 169. The van der Waals surface area contributed by atoms with Gasteiger partial charge in [0.15, 0.2) is 0 Å². The lowest BCUT2D eigenvalue weighted by Crippen LogP contribution is -2.28. The number of hydrogen-bond donors (Lipinski definition) is 0. The SMILES string of the molecule is ClC1CCOCC1CCC1CCOC1. The maximum Gasteiger partial charge on any atom is 0.0508 e. The number of alkyl halides is 1. The summed E-state index contributed by atoms with van der Waals surface area (Å²) in [4.78, 5) is 0. The summed E-state index contributed by atoms with van der Waals surface area (Å²) < 4.78 is 10.8. The first-order valence-electron chi connectivity index (χ1n) is 5.66. The summed E-state index contributed by atoms with van der Waals surface area (Å²) in [5.41, 5.74) is 0. The van der Waals surface area contributed by atoms with Crippen LogP contribution in [0.2, 0.25) is 0 Å². The van der Waals surface area contributed by atoms with Crippen LogP contribution in [0.4, 0.5) is 0 Å². The summed E-state index contributed by atoms with van der Waals surface area (Å²) >= 11 is 6.26. The van der Waals surface area contributed by atoms with E-state index in [9.17, 15) is 0 Å². The van der Waals surface area contributed by atoms with Gasteiger partial charge < -0.3 is 9.47 Å². The van der Waals surface area contributed by atoms with E-state index < -0.39 is 0 Å². The van der Waals surface area contributed by atoms with E-state index in [-0.39, 0.29) is 0 Å². The van der Waals surface area contributed by atoms with E-state index in [2.05, 4.69) is 0 Å². The van der Waals surface area contributed by atoms with Gasteiger partial charge in [0.05, 0.1) is 6.61 Å². The molecule has 3 unspecified atom stereocenters. The smallest absolute Gasteiger partial charge is 0.0508 e. The predicted octanol–water partition coefficient (Wildman–Crippen LogP) is 2.45. The van der Waals surface area contributed by atoms with Crippen LogP contribution in [0.25, 0.3) is 0 Å². The molecule has 2 aliphatic heterocycles. The molecule has 0 bridgehead atoms.